The molecule has 0 aliphatic heterocycles. The molecule has 0 aliphatic carbocycles. The van der Waals surface area contributed by atoms with Gasteiger partial charge in [0.1, 0.15) is 0 Å². The zero-order chi connectivity index (χ0) is 10.8. The molecule has 0 amide bonds. The Hall–Kier alpha value is -1.61. The number of rotatable bonds is 1. The first-order chi connectivity index (χ1) is 7.18. The zero-order valence-electron chi connectivity index (χ0n) is 8.24. The molecule has 2 N–H and O–H groups in total. The van der Waals surface area contributed by atoms with E-state index in [2.05, 4.69) is 9.97 Å². The average molecular weight is 220 g/mol. The number of anilines is 1. The molecule has 76 valence electrons. The van der Waals surface area contributed by atoms with Crippen molar-refractivity contribution >= 4 is 17.5 Å². The number of hydrogen-bond acceptors (Lipinski definition) is 3. The molecule has 15 heavy (non-hydrogen) atoms. The lowest BCUT2D eigenvalue weighted by Gasteiger charge is -2.06. The van der Waals surface area contributed by atoms with Gasteiger partial charge in [-0.05, 0) is 24.6 Å². The first kappa shape index (κ1) is 9.93. The van der Waals surface area contributed by atoms with E-state index in [1.165, 1.54) is 0 Å². The van der Waals surface area contributed by atoms with E-state index in [9.17, 15) is 0 Å². The Morgan fingerprint density at radius 3 is 2.80 bits per heavy atom. The summed E-state index contributed by atoms with van der Waals surface area (Å²) in [5, 5.41) is 0.727. The fourth-order valence-corrected chi connectivity index (χ4v) is 1.58. The molecule has 1 heterocycles. The molecule has 0 radical (unpaired) electrons. The fraction of sp³-hybridized carbons (Fsp3) is 0.0909. The highest BCUT2D eigenvalue weighted by Gasteiger charge is 2.06. The zero-order valence-corrected chi connectivity index (χ0v) is 8.99. The predicted octanol–water partition coefficient (Wildman–Crippen LogP) is 2.69. The minimum Gasteiger partial charge on any atom is -0.368 e. The summed E-state index contributed by atoms with van der Waals surface area (Å²) >= 11 is 6.03. The van der Waals surface area contributed by atoms with E-state index < -0.39 is 0 Å². The summed E-state index contributed by atoms with van der Waals surface area (Å²) in [5.41, 5.74) is 8.30. The lowest BCUT2D eigenvalue weighted by atomic mass is 10.1. The number of nitrogen functional groups attached to an aromatic ring is 1. The van der Waals surface area contributed by atoms with Gasteiger partial charge in [-0.1, -0.05) is 23.7 Å². The maximum atomic E-state index is 6.03. The number of aromatic nitrogens is 2. The van der Waals surface area contributed by atoms with Crippen molar-refractivity contribution in [2.24, 2.45) is 0 Å². The van der Waals surface area contributed by atoms with Crippen LogP contribution in [-0.4, -0.2) is 9.97 Å². The third kappa shape index (κ3) is 1.92. The lowest BCUT2D eigenvalue weighted by Crippen LogP contribution is -1.96. The molecule has 3 nitrogen and oxygen atoms in total. The largest absolute Gasteiger partial charge is 0.368 e. The fourth-order valence-electron chi connectivity index (χ4n) is 1.41. The first-order valence-corrected chi connectivity index (χ1v) is 4.90. The maximum Gasteiger partial charge on any atom is 0.220 e. The van der Waals surface area contributed by atoms with Gasteiger partial charge in [0, 0.05) is 16.8 Å². The highest BCUT2D eigenvalue weighted by molar-refractivity contribution is 6.31. The highest BCUT2D eigenvalue weighted by atomic mass is 35.5. The van der Waals surface area contributed by atoms with E-state index in [1.807, 2.05) is 31.2 Å². The molecule has 0 saturated heterocycles. The Morgan fingerprint density at radius 1 is 1.27 bits per heavy atom. The van der Waals surface area contributed by atoms with Crippen molar-refractivity contribution in [3.05, 3.63) is 41.0 Å². The van der Waals surface area contributed by atoms with Crippen LogP contribution in [0.5, 0.6) is 0 Å². The SMILES string of the molecule is Cc1c(Cl)cccc1-c1ccnc(N)n1. The lowest BCUT2D eigenvalue weighted by molar-refractivity contribution is 1.18. The van der Waals surface area contributed by atoms with Crippen LogP contribution in [0.25, 0.3) is 11.3 Å². The minimum absolute atomic E-state index is 0.270. The summed E-state index contributed by atoms with van der Waals surface area (Å²) in [6.07, 6.45) is 1.64. The van der Waals surface area contributed by atoms with Crippen LogP contribution < -0.4 is 5.73 Å². The second-order valence-corrected chi connectivity index (χ2v) is 3.62. The van der Waals surface area contributed by atoms with Crippen LogP contribution in [0, 0.1) is 6.92 Å². The quantitative estimate of drug-likeness (QED) is 0.802. The van der Waals surface area contributed by atoms with Gasteiger partial charge in [-0.25, -0.2) is 9.97 Å². The van der Waals surface area contributed by atoms with Crippen LogP contribution in [0.2, 0.25) is 5.02 Å². The second-order valence-electron chi connectivity index (χ2n) is 3.21. The summed E-state index contributed by atoms with van der Waals surface area (Å²) in [7, 11) is 0. The van der Waals surface area contributed by atoms with Crippen LogP contribution in [0.1, 0.15) is 5.56 Å². The standard InChI is InChI=1S/C11H10ClN3/c1-7-8(3-2-4-9(7)12)10-5-6-14-11(13)15-10/h2-6H,1H3,(H2,13,14,15). The van der Waals surface area contributed by atoms with Crippen molar-refractivity contribution in [3.8, 4) is 11.3 Å². The van der Waals surface area contributed by atoms with Crippen molar-refractivity contribution in [1.82, 2.24) is 9.97 Å². The summed E-state index contributed by atoms with van der Waals surface area (Å²) < 4.78 is 0. The highest BCUT2D eigenvalue weighted by Crippen LogP contribution is 2.26. The van der Waals surface area contributed by atoms with Crippen molar-refractivity contribution < 1.29 is 0 Å². The molecular weight excluding hydrogens is 210 g/mol. The molecule has 1 aromatic heterocycles. The molecule has 0 unspecified atom stereocenters. The Balaban J connectivity index is 2.59. The molecule has 0 saturated carbocycles. The van der Waals surface area contributed by atoms with E-state index in [4.69, 9.17) is 17.3 Å². The van der Waals surface area contributed by atoms with E-state index in [0.717, 1.165) is 21.8 Å². The van der Waals surface area contributed by atoms with Crippen LogP contribution in [0.4, 0.5) is 5.95 Å². The Morgan fingerprint density at radius 2 is 2.07 bits per heavy atom. The van der Waals surface area contributed by atoms with Crippen molar-refractivity contribution in [2.75, 3.05) is 5.73 Å². The number of hydrogen-bond donors (Lipinski definition) is 1. The molecule has 2 rings (SSSR count). The summed E-state index contributed by atoms with van der Waals surface area (Å²) in [6, 6.07) is 7.52. The van der Waals surface area contributed by atoms with Gasteiger partial charge in [-0.2, -0.15) is 0 Å². The van der Waals surface area contributed by atoms with Gasteiger partial charge in [0.2, 0.25) is 5.95 Å². The van der Waals surface area contributed by atoms with Crippen molar-refractivity contribution in [1.29, 1.82) is 0 Å². The number of halogens is 1. The van der Waals surface area contributed by atoms with Gasteiger partial charge in [0.15, 0.2) is 0 Å². The maximum absolute atomic E-state index is 6.03. The van der Waals surface area contributed by atoms with Crippen LogP contribution in [0.3, 0.4) is 0 Å². The Kier molecular flexibility index (Phi) is 2.56. The van der Waals surface area contributed by atoms with Gasteiger partial charge in [-0.15, -0.1) is 0 Å². The van der Waals surface area contributed by atoms with Gasteiger partial charge in [0.05, 0.1) is 5.69 Å². The first-order valence-electron chi connectivity index (χ1n) is 4.52. The number of benzene rings is 1. The van der Waals surface area contributed by atoms with Crippen LogP contribution >= 0.6 is 11.6 Å². The average Bonchev–Trinajstić information content (AvgIpc) is 2.22. The molecule has 0 aliphatic rings. The normalized spacial score (nSPS) is 10.3. The van der Waals surface area contributed by atoms with Crippen molar-refractivity contribution in [3.63, 3.8) is 0 Å². The third-order valence-electron chi connectivity index (χ3n) is 2.22. The molecule has 2 aromatic rings. The predicted molar refractivity (Wildman–Crippen MR) is 61.6 cm³/mol. The van der Waals surface area contributed by atoms with Gasteiger partial charge < -0.3 is 5.73 Å². The minimum atomic E-state index is 0.270. The third-order valence-corrected chi connectivity index (χ3v) is 2.63. The van der Waals surface area contributed by atoms with Crippen LogP contribution in [0.15, 0.2) is 30.5 Å². The van der Waals surface area contributed by atoms with E-state index >= 15 is 0 Å². The summed E-state index contributed by atoms with van der Waals surface area (Å²) in [4.78, 5) is 8.00. The molecule has 0 bridgehead atoms. The number of nitrogens with two attached hydrogens (primary N) is 1. The summed E-state index contributed by atoms with van der Waals surface area (Å²) in [5.74, 6) is 0.270. The molecular formula is C11H10ClN3. The van der Waals surface area contributed by atoms with E-state index in [0.29, 0.717) is 0 Å². The van der Waals surface area contributed by atoms with Gasteiger partial charge in [0.25, 0.3) is 0 Å². The van der Waals surface area contributed by atoms with Gasteiger partial charge >= 0.3 is 0 Å². The summed E-state index contributed by atoms with van der Waals surface area (Å²) in [6.45, 7) is 1.95. The second kappa shape index (κ2) is 3.87. The monoisotopic (exact) mass is 219 g/mol. The van der Waals surface area contributed by atoms with Crippen molar-refractivity contribution in [2.45, 2.75) is 6.92 Å². The van der Waals surface area contributed by atoms with Crippen LogP contribution in [-0.2, 0) is 0 Å². The Bertz CT molecular complexity index is 497. The molecule has 0 atom stereocenters. The molecule has 0 fully saturated rings. The topological polar surface area (TPSA) is 51.8 Å². The Labute approximate surface area is 92.9 Å². The molecule has 4 heteroatoms. The van der Waals surface area contributed by atoms with E-state index in [1.54, 1.807) is 6.20 Å². The molecule has 1 aromatic carbocycles. The van der Waals surface area contributed by atoms with Gasteiger partial charge in [-0.3, -0.25) is 0 Å². The molecule has 0 spiro atoms. The van der Waals surface area contributed by atoms with E-state index in [-0.39, 0.29) is 5.95 Å². The smallest absolute Gasteiger partial charge is 0.220 e. The number of nitrogens with zero attached hydrogens (tertiary/aromatic N) is 2.